The summed E-state index contributed by atoms with van der Waals surface area (Å²) in [6, 6.07) is 20.4. The van der Waals surface area contributed by atoms with E-state index in [0.29, 0.717) is 5.56 Å². The van der Waals surface area contributed by atoms with Crippen LogP contribution in [0.25, 0.3) is 28.2 Å². The molecule has 0 bridgehead atoms. The minimum absolute atomic E-state index is 0.661. The summed E-state index contributed by atoms with van der Waals surface area (Å²) in [4.78, 5) is 4.67. The number of alkyl halides is 3. The molecule has 2 nitrogen and oxygen atoms in total. The molecule has 0 aliphatic rings. The van der Waals surface area contributed by atoms with Crippen molar-refractivity contribution < 1.29 is 13.2 Å². The molecule has 0 aliphatic heterocycles. The van der Waals surface area contributed by atoms with Gasteiger partial charge in [0, 0.05) is 17.3 Å². The molecular weight excluding hydrogens is 325 g/mol. The topological polar surface area (TPSA) is 17.3 Å². The number of pyridine rings is 1. The fourth-order valence-corrected chi connectivity index (χ4v) is 2.89. The lowest BCUT2D eigenvalue weighted by molar-refractivity contribution is -0.137. The standard InChI is InChI=1S/C20H13F3N2/c21-20(22,23)16-11-9-15(10-12-16)19-18(14-6-2-1-3-7-14)24-17-8-4-5-13-25(17)19/h1-13H. The second-order valence-corrected chi connectivity index (χ2v) is 5.68. The number of aromatic nitrogens is 2. The van der Waals surface area contributed by atoms with Crippen LogP contribution in [0.4, 0.5) is 13.2 Å². The molecule has 5 heteroatoms. The first kappa shape index (κ1) is 15.4. The Morgan fingerprint density at radius 3 is 2.08 bits per heavy atom. The molecule has 0 amide bonds. The van der Waals surface area contributed by atoms with Crippen LogP contribution in [0.3, 0.4) is 0 Å². The molecule has 2 aromatic carbocycles. The lowest BCUT2D eigenvalue weighted by Crippen LogP contribution is -2.04. The van der Waals surface area contributed by atoms with Crippen molar-refractivity contribution in [3.63, 3.8) is 0 Å². The van der Waals surface area contributed by atoms with Gasteiger partial charge < -0.3 is 0 Å². The number of imidazole rings is 1. The fourth-order valence-electron chi connectivity index (χ4n) is 2.89. The first-order chi connectivity index (χ1) is 12.0. The maximum Gasteiger partial charge on any atom is 0.416 e. The van der Waals surface area contributed by atoms with Gasteiger partial charge in [-0.1, -0.05) is 48.5 Å². The Bertz CT molecular complexity index is 1020. The molecule has 2 heterocycles. The molecule has 25 heavy (non-hydrogen) atoms. The lowest BCUT2D eigenvalue weighted by atomic mass is 10.0. The van der Waals surface area contributed by atoms with Crippen LogP contribution < -0.4 is 0 Å². The number of fused-ring (bicyclic) bond motifs is 1. The highest BCUT2D eigenvalue weighted by molar-refractivity contribution is 5.82. The third-order valence-corrected chi connectivity index (χ3v) is 4.06. The molecule has 0 N–H and O–H groups in total. The van der Waals surface area contributed by atoms with Gasteiger partial charge in [0.25, 0.3) is 0 Å². The van der Waals surface area contributed by atoms with Gasteiger partial charge in [-0.3, -0.25) is 4.40 Å². The van der Waals surface area contributed by atoms with Gasteiger partial charge in [0.15, 0.2) is 0 Å². The summed E-state index contributed by atoms with van der Waals surface area (Å²) in [6.45, 7) is 0. The largest absolute Gasteiger partial charge is 0.416 e. The number of benzene rings is 2. The maximum absolute atomic E-state index is 12.8. The van der Waals surface area contributed by atoms with Crippen LogP contribution in [0.5, 0.6) is 0 Å². The molecule has 0 atom stereocenters. The molecule has 0 saturated carbocycles. The van der Waals surface area contributed by atoms with Gasteiger partial charge >= 0.3 is 6.18 Å². The molecule has 0 fully saturated rings. The van der Waals surface area contributed by atoms with E-state index in [1.165, 1.54) is 12.1 Å². The van der Waals surface area contributed by atoms with Crippen LogP contribution in [-0.4, -0.2) is 9.38 Å². The van der Waals surface area contributed by atoms with Gasteiger partial charge in [0.05, 0.1) is 17.0 Å². The van der Waals surface area contributed by atoms with Crippen molar-refractivity contribution in [1.82, 2.24) is 9.38 Å². The van der Waals surface area contributed by atoms with E-state index in [1.807, 2.05) is 59.1 Å². The SMILES string of the molecule is FC(F)(F)c1ccc(-c2c(-c3ccccc3)nc3ccccn23)cc1. The minimum atomic E-state index is -4.35. The highest BCUT2D eigenvalue weighted by Crippen LogP contribution is 2.35. The number of nitrogens with zero attached hydrogens (tertiary/aromatic N) is 2. The van der Waals surface area contributed by atoms with Crippen molar-refractivity contribution in [1.29, 1.82) is 0 Å². The quantitative estimate of drug-likeness (QED) is 0.459. The zero-order chi connectivity index (χ0) is 17.4. The summed E-state index contributed by atoms with van der Waals surface area (Å²) in [5, 5.41) is 0. The van der Waals surface area contributed by atoms with Gasteiger partial charge in [-0.25, -0.2) is 4.98 Å². The average molecular weight is 338 g/mol. The predicted octanol–water partition coefficient (Wildman–Crippen LogP) is 5.69. The number of hydrogen-bond acceptors (Lipinski definition) is 1. The summed E-state index contributed by atoms with van der Waals surface area (Å²) in [5.74, 6) is 0. The van der Waals surface area contributed by atoms with Gasteiger partial charge in [0.1, 0.15) is 5.65 Å². The zero-order valence-electron chi connectivity index (χ0n) is 13.0. The fraction of sp³-hybridized carbons (Fsp3) is 0.0500. The van der Waals surface area contributed by atoms with Crippen LogP contribution in [0, 0.1) is 0 Å². The van der Waals surface area contributed by atoms with Crippen molar-refractivity contribution in [2.24, 2.45) is 0 Å². The Morgan fingerprint density at radius 2 is 1.40 bits per heavy atom. The monoisotopic (exact) mass is 338 g/mol. The Balaban J connectivity index is 1.94. The lowest BCUT2D eigenvalue weighted by Gasteiger charge is -2.09. The first-order valence-corrected chi connectivity index (χ1v) is 7.74. The average Bonchev–Trinajstić information content (AvgIpc) is 3.01. The van der Waals surface area contributed by atoms with Gasteiger partial charge in [-0.15, -0.1) is 0 Å². The first-order valence-electron chi connectivity index (χ1n) is 7.74. The van der Waals surface area contributed by atoms with Crippen LogP contribution in [0.2, 0.25) is 0 Å². The minimum Gasteiger partial charge on any atom is -0.299 e. The molecule has 0 saturated heterocycles. The predicted molar refractivity (Wildman–Crippen MR) is 91.1 cm³/mol. The maximum atomic E-state index is 12.8. The molecule has 0 unspecified atom stereocenters. The molecule has 0 radical (unpaired) electrons. The number of halogens is 3. The molecule has 4 aromatic rings. The van der Waals surface area contributed by atoms with E-state index in [4.69, 9.17) is 0 Å². The van der Waals surface area contributed by atoms with Crippen LogP contribution in [0.15, 0.2) is 79.0 Å². The van der Waals surface area contributed by atoms with Gasteiger partial charge in [-0.2, -0.15) is 13.2 Å². The highest BCUT2D eigenvalue weighted by Gasteiger charge is 2.30. The normalized spacial score (nSPS) is 11.8. The van der Waals surface area contributed by atoms with E-state index in [9.17, 15) is 13.2 Å². The second-order valence-electron chi connectivity index (χ2n) is 5.68. The molecule has 4 rings (SSSR count). The van der Waals surface area contributed by atoms with Crippen molar-refractivity contribution in [2.75, 3.05) is 0 Å². The van der Waals surface area contributed by atoms with Gasteiger partial charge in [0.2, 0.25) is 0 Å². The van der Waals surface area contributed by atoms with E-state index in [-0.39, 0.29) is 0 Å². The third-order valence-electron chi connectivity index (χ3n) is 4.06. The molecule has 0 spiro atoms. The molecule has 0 aliphatic carbocycles. The van der Waals surface area contributed by atoms with E-state index in [2.05, 4.69) is 4.98 Å². The van der Waals surface area contributed by atoms with Crippen molar-refractivity contribution in [3.05, 3.63) is 84.6 Å². The third kappa shape index (κ3) is 2.78. The van der Waals surface area contributed by atoms with Crippen LogP contribution in [-0.2, 0) is 6.18 Å². The second kappa shape index (κ2) is 5.77. The summed E-state index contributed by atoms with van der Waals surface area (Å²) < 4.78 is 40.4. The Hall–Kier alpha value is -3.08. The summed E-state index contributed by atoms with van der Waals surface area (Å²) in [7, 11) is 0. The smallest absolute Gasteiger partial charge is 0.299 e. The molecular formula is C20H13F3N2. The Kier molecular flexibility index (Phi) is 3.57. The van der Waals surface area contributed by atoms with Crippen molar-refractivity contribution >= 4 is 5.65 Å². The van der Waals surface area contributed by atoms with Crippen LogP contribution >= 0.6 is 0 Å². The zero-order valence-corrected chi connectivity index (χ0v) is 13.0. The van der Waals surface area contributed by atoms with E-state index < -0.39 is 11.7 Å². The van der Waals surface area contributed by atoms with Crippen molar-refractivity contribution in [2.45, 2.75) is 6.18 Å². The molecule has 124 valence electrons. The van der Waals surface area contributed by atoms with Crippen molar-refractivity contribution in [3.8, 4) is 22.5 Å². The summed E-state index contributed by atoms with van der Waals surface area (Å²) >= 11 is 0. The Labute approximate surface area is 142 Å². The van der Waals surface area contributed by atoms with Crippen LogP contribution in [0.1, 0.15) is 5.56 Å². The number of rotatable bonds is 2. The number of hydrogen-bond donors (Lipinski definition) is 0. The Morgan fingerprint density at radius 1 is 0.720 bits per heavy atom. The summed E-state index contributed by atoms with van der Waals surface area (Å²) in [5.41, 5.74) is 3.20. The summed E-state index contributed by atoms with van der Waals surface area (Å²) in [6.07, 6.45) is -2.48. The van der Waals surface area contributed by atoms with E-state index in [0.717, 1.165) is 34.7 Å². The molecule has 2 aromatic heterocycles. The van der Waals surface area contributed by atoms with E-state index in [1.54, 1.807) is 0 Å². The van der Waals surface area contributed by atoms with Gasteiger partial charge in [-0.05, 0) is 24.3 Å². The highest BCUT2D eigenvalue weighted by atomic mass is 19.4. The van der Waals surface area contributed by atoms with E-state index >= 15 is 0 Å².